The molecule has 1 unspecified atom stereocenters. The normalized spacial score (nSPS) is 19.9. The van der Waals surface area contributed by atoms with Crippen molar-refractivity contribution in [1.82, 2.24) is 20.2 Å². The molecule has 0 radical (unpaired) electrons. The highest BCUT2D eigenvalue weighted by Gasteiger charge is 2.55. The van der Waals surface area contributed by atoms with Gasteiger partial charge in [-0.3, -0.25) is 19.6 Å². The van der Waals surface area contributed by atoms with E-state index in [-0.39, 0.29) is 23.3 Å². The number of hydrogen-bond donors (Lipinski definition) is 1. The SMILES string of the molecule is O=C(NC1CC12CCN(C(=O)c1ccc3ncccc3c1)CC2)c1ccncc1. The average molecular weight is 386 g/mol. The fourth-order valence-corrected chi connectivity index (χ4v) is 4.40. The van der Waals surface area contributed by atoms with Gasteiger partial charge in [-0.1, -0.05) is 6.07 Å². The quantitative estimate of drug-likeness (QED) is 0.751. The number of carbonyl (C=O) groups excluding carboxylic acids is 2. The van der Waals surface area contributed by atoms with Gasteiger partial charge in [-0.15, -0.1) is 0 Å². The molecule has 5 rings (SSSR count). The van der Waals surface area contributed by atoms with E-state index >= 15 is 0 Å². The highest BCUT2D eigenvalue weighted by Crippen LogP contribution is 2.54. The summed E-state index contributed by atoms with van der Waals surface area (Å²) in [7, 11) is 0. The number of fused-ring (bicyclic) bond motifs is 1. The van der Waals surface area contributed by atoms with E-state index in [4.69, 9.17) is 0 Å². The third-order valence-corrected chi connectivity index (χ3v) is 6.33. The fraction of sp³-hybridized carbons (Fsp3) is 0.304. The third kappa shape index (κ3) is 3.35. The summed E-state index contributed by atoms with van der Waals surface area (Å²) in [5, 5.41) is 4.13. The Morgan fingerprint density at radius 2 is 1.79 bits per heavy atom. The van der Waals surface area contributed by atoms with Gasteiger partial charge in [-0.2, -0.15) is 0 Å². The number of likely N-dealkylation sites (tertiary alicyclic amines) is 1. The summed E-state index contributed by atoms with van der Waals surface area (Å²) < 4.78 is 0. The summed E-state index contributed by atoms with van der Waals surface area (Å²) >= 11 is 0. The largest absolute Gasteiger partial charge is 0.349 e. The van der Waals surface area contributed by atoms with Crippen LogP contribution in [0.3, 0.4) is 0 Å². The van der Waals surface area contributed by atoms with Gasteiger partial charge >= 0.3 is 0 Å². The van der Waals surface area contributed by atoms with Gasteiger partial charge in [0.1, 0.15) is 0 Å². The number of aromatic nitrogens is 2. The van der Waals surface area contributed by atoms with Crippen LogP contribution in [-0.2, 0) is 0 Å². The molecular formula is C23H22N4O2. The van der Waals surface area contributed by atoms with Gasteiger partial charge in [0.2, 0.25) is 0 Å². The number of amides is 2. The van der Waals surface area contributed by atoms with E-state index in [0.29, 0.717) is 11.1 Å². The fourth-order valence-electron chi connectivity index (χ4n) is 4.40. The van der Waals surface area contributed by atoms with Crippen molar-refractivity contribution in [2.75, 3.05) is 13.1 Å². The van der Waals surface area contributed by atoms with E-state index in [1.165, 1.54) is 0 Å². The van der Waals surface area contributed by atoms with Gasteiger partial charge in [-0.05, 0) is 61.1 Å². The van der Waals surface area contributed by atoms with Crippen LogP contribution >= 0.6 is 0 Å². The molecule has 2 fully saturated rings. The first-order valence-electron chi connectivity index (χ1n) is 10.00. The Labute approximate surface area is 169 Å². The molecule has 1 N–H and O–H groups in total. The number of nitrogens with zero attached hydrogens (tertiary/aromatic N) is 3. The molecule has 6 nitrogen and oxygen atoms in total. The zero-order valence-electron chi connectivity index (χ0n) is 16.0. The Kier molecular flexibility index (Phi) is 4.27. The number of carbonyl (C=O) groups is 2. The van der Waals surface area contributed by atoms with Gasteiger partial charge in [0.05, 0.1) is 5.52 Å². The molecule has 3 aromatic rings. The monoisotopic (exact) mass is 386 g/mol. The number of rotatable bonds is 3. The minimum absolute atomic E-state index is 0.0439. The number of pyridine rings is 2. The lowest BCUT2D eigenvalue weighted by Gasteiger charge is -2.33. The first-order chi connectivity index (χ1) is 14.1. The van der Waals surface area contributed by atoms with Crippen molar-refractivity contribution < 1.29 is 9.59 Å². The number of hydrogen-bond acceptors (Lipinski definition) is 4. The van der Waals surface area contributed by atoms with E-state index in [1.54, 1.807) is 30.7 Å². The maximum atomic E-state index is 12.9. The Morgan fingerprint density at radius 3 is 2.59 bits per heavy atom. The zero-order chi connectivity index (χ0) is 19.8. The Morgan fingerprint density at radius 1 is 1.00 bits per heavy atom. The first-order valence-corrected chi connectivity index (χ1v) is 10.00. The summed E-state index contributed by atoms with van der Waals surface area (Å²) in [6.45, 7) is 1.46. The zero-order valence-corrected chi connectivity index (χ0v) is 16.0. The van der Waals surface area contributed by atoms with Gasteiger partial charge < -0.3 is 10.2 Å². The number of nitrogens with one attached hydrogen (secondary N) is 1. The topological polar surface area (TPSA) is 75.2 Å². The van der Waals surface area contributed by atoms with Crippen molar-refractivity contribution in [3.8, 4) is 0 Å². The summed E-state index contributed by atoms with van der Waals surface area (Å²) in [6.07, 6.45) is 7.86. The second kappa shape index (κ2) is 6.95. The van der Waals surface area contributed by atoms with Crippen molar-refractivity contribution in [3.05, 3.63) is 72.2 Å². The maximum Gasteiger partial charge on any atom is 0.253 e. The summed E-state index contributed by atoms with van der Waals surface area (Å²) in [5.41, 5.74) is 2.39. The molecule has 29 heavy (non-hydrogen) atoms. The lowest BCUT2D eigenvalue weighted by Crippen LogP contribution is -2.41. The summed E-state index contributed by atoms with van der Waals surface area (Å²) in [5.74, 6) is 0.0289. The van der Waals surface area contributed by atoms with Crippen molar-refractivity contribution in [2.24, 2.45) is 5.41 Å². The first kappa shape index (κ1) is 17.8. The predicted molar refractivity (Wildman–Crippen MR) is 109 cm³/mol. The average Bonchev–Trinajstić information content (AvgIpc) is 3.44. The van der Waals surface area contributed by atoms with Crippen molar-refractivity contribution >= 4 is 22.7 Å². The van der Waals surface area contributed by atoms with Crippen LogP contribution in [-0.4, -0.2) is 45.8 Å². The van der Waals surface area contributed by atoms with Gasteiger partial charge in [0, 0.05) is 54.2 Å². The van der Waals surface area contributed by atoms with Crippen LogP contribution in [0.25, 0.3) is 10.9 Å². The second-order valence-corrected chi connectivity index (χ2v) is 8.03. The van der Waals surface area contributed by atoms with Crippen LogP contribution in [0.15, 0.2) is 61.1 Å². The molecule has 1 saturated carbocycles. The molecule has 1 aromatic carbocycles. The minimum atomic E-state index is -0.0439. The van der Waals surface area contributed by atoms with Crippen LogP contribution in [0, 0.1) is 5.41 Å². The number of benzene rings is 1. The third-order valence-electron chi connectivity index (χ3n) is 6.33. The molecule has 1 saturated heterocycles. The molecule has 1 spiro atoms. The summed E-state index contributed by atoms with van der Waals surface area (Å²) in [6, 6.07) is 13.2. The molecule has 6 heteroatoms. The Bertz CT molecular complexity index is 1070. The van der Waals surface area contributed by atoms with E-state index in [2.05, 4.69) is 15.3 Å². The molecule has 1 aliphatic heterocycles. The van der Waals surface area contributed by atoms with E-state index in [0.717, 1.165) is 43.3 Å². The van der Waals surface area contributed by atoms with Crippen LogP contribution in [0.1, 0.15) is 40.0 Å². The van der Waals surface area contributed by atoms with Gasteiger partial charge in [-0.25, -0.2) is 0 Å². The highest BCUT2D eigenvalue weighted by molar-refractivity contribution is 5.98. The van der Waals surface area contributed by atoms with Crippen LogP contribution in [0.4, 0.5) is 0 Å². The van der Waals surface area contributed by atoms with Crippen LogP contribution < -0.4 is 5.32 Å². The molecule has 1 aliphatic carbocycles. The molecule has 2 aromatic heterocycles. The Hall–Kier alpha value is -3.28. The number of piperidine rings is 1. The molecule has 0 bridgehead atoms. The smallest absolute Gasteiger partial charge is 0.253 e. The van der Waals surface area contributed by atoms with E-state index in [1.807, 2.05) is 35.2 Å². The van der Waals surface area contributed by atoms with Crippen molar-refractivity contribution in [1.29, 1.82) is 0 Å². The van der Waals surface area contributed by atoms with Gasteiger partial charge in [0.15, 0.2) is 0 Å². The van der Waals surface area contributed by atoms with E-state index < -0.39 is 0 Å². The Balaban J connectivity index is 1.20. The van der Waals surface area contributed by atoms with Crippen molar-refractivity contribution in [3.63, 3.8) is 0 Å². The van der Waals surface area contributed by atoms with Crippen LogP contribution in [0.5, 0.6) is 0 Å². The minimum Gasteiger partial charge on any atom is -0.349 e. The van der Waals surface area contributed by atoms with Crippen LogP contribution in [0.2, 0.25) is 0 Å². The van der Waals surface area contributed by atoms with Crippen molar-refractivity contribution in [2.45, 2.75) is 25.3 Å². The predicted octanol–water partition coefficient (Wildman–Crippen LogP) is 3.05. The van der Waals surface area contributed by atoms with Gasteiger partial charge in [0.25, 0.3) is 11.8 Å². The molecule has 2 amide bonds. The standard InChI is InChI=1S/C23H22N4O2/c28-21(16-5-10-24-11-6-16)26-20-15-23(20)7-12-27(13-8-23)22(29)18-3-4-19-17(14-18)2-1-9-25-19/h1-6,9-11,14,20H,7-8,12-13,15H2,(H,26,28). The van der Waals surface area contributed by atoms with E-state index in [9.17, 15) is 9.59 Å². The highest BCUT2D eigenvalue weighted by atomic mass is 16.2. The second-order valence-electron chi connectivity index (χ2n) is 8.03. The maximum absolute atomic E-state index is 12.9. The molecular weight excluding hydrogens is 364 g/mol. The lowest BCUT2D eigenvalue weighted by atomic mass is 9.92. The molecule has 2 aliphatic rings. The molecule has 1 atom stereocenters. The summed E-state index contributed by atoms with van der Waals surface area (Å²) in [4.78, 5) is 35.5. The molecule has 146 valence electrons. The molecule has 3 heterocycles. The lowest BCUT2D eigenvalue weighted by molar-refractivity contribution is 0.0668.